The minimum Gasteiger partial charge on any atom is -0.456 e. The Morgan fingerprint density at radius 1 is 1.09 bits per heavy atom. The molecule has 174 valence electrons. The van der Waals surface area contributed by atoms with Gasteiger partial charge in [-0.15, -0.1) is 0 Å². The van der Waals surface area contributed by atoms with E-state index < -0.39 is 5.60 Å². The first kappa shape index (κ1) is 21.8. The van der Waals surface area contributed by atoms with Gasteiger partial charge in [0.05, 0.1) is 30.2 Å². The van der Waals surface area contributed by atoms with E-state index in [4.69, 9.17) is 21.1 Å². The van der Waals surface area contributed by atoms with E-state index in [0.29, 0.717) is 56.3 Å². The van der Waals surface area contributed by atoms with Crippen LogP contribution in [-0.4, -0.2) is 79.7 Å². The molecule has 3 saturated heterocycles. The number of ether oxygens (including phenoxy) is 2. The number of nitrogens with zero attached hydrogens (tertiary/aromatic N) is 3. The Labute approximate surface area is 197 Å². The molecule has 0 saturated carbocycles. The molecule has 1 aliphatic carbocycles. The SMILES string of the molecule is COC(=O)N1CCN(c2ccc(C(=O)N3CC[C@@]4(C3)OC(=O)C3C=CC=CC34)c(Cl)c2)CC1. The summed E-state index contributed by atoms with van der Waals surface area (Å²) in [5, 5.41) is 0.385. The van der Waals surface area contributed by atoms with E-state index in [9.17, 15) is 14.4 Å². The fourth-order valence-corrected chi connectivity index (χ4v) is 5.58. The molecule has 2 unspecified atom stereocenters. The number of rotatable bonds is 2. The Morgan fingerprint density at radius 3 is 2.58 bits per heavy atom. The summed E-state index contributed by atoms with van der Waals surface area (Å²) in [6.45, 7) is 3.31. The minimum absolute atomic E-state index is 0.0469. The molecule has 2 amide bonds. The highest BCUT2D eigenvalue weighted by molar-refractivity contribution is 6.34. The van der Waals surface area contributed by atoms with Crippen LogP contribution in [0, 0.1) is 11.8 Å². The van der Waals surface area contributed by atoms with Gasteiger partial charge in [-0.2, -0.15) is 0 Å². The van der Waals surface area contributed by atoms with Crippen LogP contribution >= 0.6 is 11.6 Å². The lowest BCUT2D eigenvalue weighted by Gasteiger charge is -2.35. The van der Waals surface area contributed by atoms with Crippen molar-refractivity contribution in [1.29, 1.82) is 0 Å². The van der Waals surface area contributed by atoms with Crippen LogP contribution in [0.1, 0.15) is 16.8 Å². The lowest BCUT2D eigenvalue weighted by atomic mass is 9.78. The second-order valence-electron chi connectivity index (χ2n) is 8.89. The molecule has 4 aliphatic rings. The van der Waals surface area contributed by atoms with E-state index >= 15 is 0 Å². The van der Waals surface area contributed by atoms with Crippen LogP contribution in [0.3, 0.4) is 0 Å². The molecule has 3 atom stereocenters. The summed E-state index contributed by atoms with van der Waals surface area (Å²) < 4.78 is 10.6. The molecular formula is C24H26ClN3O5. The van der Waals surface area contributed by atoms with Crippen molar-refractivity contribution in [3.05, 3.63) is 53.1 Å². The van der Waals surface area contributed by atoms with Crippen LogP contribution < -0.4 is 4.90 Å². The number of amides is 2. The molecule has 0 radical (unpaired) electrons. The van der Waals surface area contributed by atoms with E-state index in [1.165, 1.54) is 7.11 Å². The summed E-state index contributed by atoms with van der Waals surface area (Å²) >= 11 is 6.54. The maximum Gasteiger partial charge on any atom is 0.409 e. The Balaban J connectivity index is 1.27. The van der Waals surface area contributed by atoms with E-state index in [0.717, 1.165) is 5.69 Å². The number of hydrogen-bond donors (Lipinski definition) is 0. The van der Waals surface area contributed by atoms with Gasteiger partial charge in [-0.1, -0.05) is 35.9 Å². The van der Waals surface area contributed by atoms with Crippen molar-refractivity contribution in [2.75, 3.05) is 51.3 Å². The van der Waals surface area contributed by atoms with Gasteiger partial charge < -0.3 is 24.2 Å². The van der Waals surface area contributed by atoms with Crippen molar-refractivity contribution < 1.29 is 23.9 Å². The summed E-state index contributed by atoms with van der Waals surface area (Å²) in [6, 6.07) is 5.44. The molecule has 1 aromatic carbocycles. The van der Waals surface area contributed by atoms with E-state index in [1.807, 2.05) is 30.4 Å². The first-order valence-electron chi connectivity index (χ1n) is 11.2. The average Bonchev–Trinajstić information content (AvgIpc) is 3.39. The predicted octanol–water partition coefficient (Wildman–Crippen LogP) is 2.73. The number of carbonyl (C=O) groups is 3. The average molecular weight is 472 g/mol. The Hall–Kier alpha value is -3.00. The number of benzene rings is 1. The zero-order valence-corrected chi connectivity index (χ0v) is 19.2. The van der Waals surface area contributed by atoms with Crippen LogP contribution in [-0.2, 0) is 14.3 Å². The molecule has 5 rings (SSSR count). The fourth-order valence-electron chi connectivity index (χ4n) is 5.33. The summed E-state index contributed by atoms with van der Waals surface area (Å²) in [5.41, 5.74) is 0.681. The first-order valence-corrected chi connectivity index (χ1v) is 11.5. The van der Waals surface area contributed by atoms with Crippen molar-refractivity contribution >= 4 is 35.3 Å². The van der Waals surface area contributed by atoms with Crippen molar-refractivity contribution in [2.45, 2.75) is 12.0 Å². The third-order valence-corrected chi connectivity index (χ3v) is 7.44. The molecule has 3 fully saturated rings. The summed E-state index contributed by atoms with van der Waals surface area (Å²) in [6.07, 6.45) is 8.00. The zero-order chi connectivity index (χ0) is 23.2. The van der Waals surface area contributed by atoms with Gasteiger partial charge in [-0.05, 0) is 18.2 Å². The Kier molecular flexibility index (Phi) is 5.56. The maximum atomic E-state index is 13.3. The van der Waals surface area contributed by atoms with Crippen molar-refractivity contribution in [3.63, 3.8) is 0 Å². The third kappa shape index (κ3) is 3.76. The number of carbonyl (C=O) groups excluding carboxylic acids is 3. The monoisotopic (exact) mass is 471 g/mol. The van der Waals surface area contributed by atoms with Gasteiger partial charge in [0.2, 0.25) is 0 Å². The molecule has 0 N–H and O–H groups in total. The van der Waals surface area contributed by atoms with Gasteiger partial charge in [0.1, 0.15) is 5.60 Å². The van der Waals surface area contributed by atoms with Crippen LogP contribution in [0.2, 0.25) is 5.02 Å². The Bertz CT molecular complexity index is 1050. The number of halogens is 1. The lowest BCUT2D eigenvalue weighted by Crippen LogP contribution is -2.48. The number of piperazine rings is 1. The van der Waals surface area contributed by atoms with Crippen LogP contribution in [0.4, 0.5) is 10.5 Å². The topological polar surface area (TPSA) is 79.4 Å². The number of allylic oxidation sites excluding steroid dienone is 2. The van der Waals surface area contributed by atoms with Gasteiger partial charge in [-0.25, -0.2) is 4.79 Å². The van der Waals surface area contributed by atoms with Crippen molar-refractivity contribution in [1.82, 2.24) is 9.80 Å². The lowest BCUT2D eigenvalue weighted by molar-refractivity contribution is -0.149. The highest BCUT2D eigenvalue weighted by Crippen LogP contribution is 2.46. The number of fused-ring (bicyclic) bond motifs is 2. The van der Waals surface area contributed by atoms with Gasteiger partial charge in [0, 0.05) is 50.7 Å². The smallest absolute Gasteiger partial charge is 0.409 e. The number of methoxy groups -OCH3 is 1. The van der Waals surface area contributed by atoms with Gasteiger partial charge in [0.15, 0.2) is 0 Å². The van der Waals surface area contributed by atoms with Crippen LogP contribution in [0.15, 0.2) is 42.5 Å². The molecular weight excluding hydrogens is 446 g/mol. The number of esters is 1. The molecule has 1 aromatic rings. The summed E-state index contributed by atoms with van der Waals surface area (Å²) in [4.78, 5) is 42.9. The van der Waals surface area contributed by atoms with E-state index in [1.54, 1.807) is 21.9 Å². The maximum absolute atomic E-state index is 13.3. The van der Waals surface area contributed by atoms with Crippen molar-refractivity contribution in [2.24, 2.45) is 11.8 Å². The third-order valence-electron chi connectivity index (χ3n) is 7.13. The molecule has 33 heavy (non-hydrogen) atoms. The standard InChI is InChI=1S/C24H26ClN3O5/c1-32-23(31)27-12-10-26(11-13-27)16-6-7-18(20(25)14-16)21(29)28-9-8-24(15-28)19-5-3-2-4-17(19)22(30)33-24/h2-7,14,17,19H,8-13,15H2,1H3/t17?,19?,24-/m0/s1. The number of anilines is 1. The fraction of sp³-hybridized carbons (Fsp3) is 0.458. The molecule has 3 aliphatic heterocycles. The normalized spacial score (nSPS) is 28.3. The van der Waals surface area contributed by atoms with Gasteiger partial charge in [0.25, 0.3) is 5.91 Å². The number of hydrogen-bond acceptors (Lipinski definition) is 6. The molecule has 3 heterocycles. The summed E-state index contributed by atoms with van der Waals surface area (Å²) in [5.74, 6) is -0.694. The second-order valence-corrected chi connectivity index (χ2v) is 9.30. The highest BCUT2D eigenvalue weighted by Gasteiger charge is 2.57. The van der Waals surface area contributed by atoms with Crippen molar-refractivity contribution in [3.8, 4) is 0 Å². The first-order chi connectivity index (χ1) is 15.9. The second kappa shape index (κ2) is 8.41. The van der Waals surface area contributed by atoms with Gasteiger partial charge >= 0.3 is 12.1 Å². The molecule has 0 aromatic heterocycles. The minimum atomic E-state index is -0.662. The zero-order valence-electron chi connectivity index (χ0n) is 18.4. The quantitative estimate of drug-likeness (QED) is 0.617. The van der Waals surface area contributed by atoms with E-state index in [2.05, 4.69) is 4.90 Å². The largest absolute Gasteiger partial charge is 0.456 e. The number of likely N-dealkylation sites (tertiary alicyclic amines) is 1. The van der Waals surface area contributed by atoms with E-state index in [-0.39, 0.29) is 29.8 Å². The molecule has 1 spiro atoms. The molecule has 9 heteroatoms. The highest BCUT2D eigenvalue weighted by atomic mass is 35.5. The Morgan fingerprint density at radius 2 is 1.85 bits per heavy atom. The molecule has 0 bridgehead atoms. The molecule has 8 nitrogen and oxygen atoms in total. The van der Waals surface area contributed by atoms with Gasteiger partial charge in [-0.3, -0.25) is 9.59 Å². The predicted molar refractivity (Wildman–Crippen MR) is 122 cm³/mol. The van der Waals surface area contributed by atoms with Crippen LogP contribution in [0.5, 0.6) is 0 Å². The van der Waals surface area contributed by atoms with Crippen LogP contribution in [0.25, 0.3) is 0 Å². The summed E-state index contributed by atoms with van der Waals surface area (Å²) in [7, 11) is 1.38.